The molecule has 0 spiro atoms. The van der Waals surface area contributed by atoms with Crippen molar-refractivity contribution in [3.63, 3.8) is 0 Å². The number of para-hydroxylation sites is 2. The number of hydrogen-bond donors (Lipinski definition) is 1. The van der Waals surface area contributed by atoms with Gasteiger partial charge in [0.15, 0.2) is 5.82 Å². The van der Waals surface area contributed by atoms with Gasteiger partial charge in [0.25, 0.3) is 0 Å². The van der Waals surface area contributed by atoms with Crippen LogP contribution in [0, 0.1) is 0 Å². The minimum Gasteiger partial charge on any atom is -0.367 e. The number of nitrogens with one attached hydrogen (secondary N) is 1. The summed E-state index contributed by atoms with van der Waals surface area (Å²) in [5.74, 6) is 2.38. The van der Waals surface area contributed by atoms with Gasteiger partial charge in [0, 0.05) is 51.1 Å². The maximum absolute atomic E-state index is 13.0. The van der Waals surface area contributed by atoms with Crippen LogP contribution in [-0.4, -0.2) is 71.8 Å². The second-order valence-electron chi connectivity index (χ2n) is 8.90. The molecule has 1 N–H and O–H groups in total. The molecule has 5 rings (SSSR count). The molecule has 1 aromatic carbocycles. The number of rotatable bonds is 5. The molecule has 2 saturated heterocycles. The number of urea groups is 1. The van der Waals surface area contributed by atoms with E-state index in [0.29, 0.717) is 19.0 Å². The largest absolute Gasteiger partial charge is 0.367 e. The number of carbonyl (C=O) groups excluding carboxylic acids is 1. The summed E-state index contributed by atoms with van der Waals surface area (Å²) < 4.78 is 5.42. The first kappa shape index (κ1) is 20.3. The Morgan fingerprint density at radius 2 is 1.77 bits per heavy atom. The highest BCUT2D eigenvalue weighted by molar-refractivity contribution is 5.93. The number of carbonyl (C=O) groups is 1. The number of likely N-dealkylation sites (N-methyl/N-ethyl adjacent to an activating group) is 1. The zero-order valence-electron chi connectivity index (χ0n) is 18.3. The van der Waals surface area contributed by atoms with Crippen LogP contribution < -0.4 is 10.2 Å². The smallest absolute Gasteiger partial charge is 0.321 e. The Labute approximate surface area is 183 Å². The lowest BCUT2D eigenvalue weighted by Crippen LogP contribution is -2.46. The van der Waals surface area contributed by atoms with Crippen LogP contribution in [0.1, 0.15) is 56.2 Å². The van der Waals surface area contributed by atoms with Crippen molar-refractivity contribution in [1.29, 1.82) is 0 Å². The average molecular weight is 425 g/mol. The molecule has 8 heteroatoms. The van der Waals surface area contributed by atoms with E-state index in [1.807, 2.05) is 23.1 Å². The van der Waals surface area contributed by atoms with Crippen LogP contribution in [0.2, 0.25) is 0 Å². The summed E-state index contributed by atoms with van der Waals surface area (Å²) >= 11 is 0. The van der Waals surface area contributed by atoms with Gasteiger partial charge in [-0.2, -0.15) is 4.98 Å². The number of piperidine rings is 1. The lowest BCUT2D eigenvalue weighted by molar-refractivity contribution is 0.193. The van der Waals surface area contributed by atoms with Crippen molar-refractivity contribution >= 4 is 17.4 Å². The maximum atomic E-state index is 13.0. The van der Waals surface area contributed by atoms with E-state index in [9.17, 15) is 4.79 Å². The Balaban J connectivity index is 1.17. The highest BCUT2D eigenvalue weighted by atomic mass is 16.5. The number of hydrogen-bond acceptors (Lipinski definition) is 6. The number of anilines is 2. The molecular formula is C23H32N6O2. The summed E-state index contributed by atoms with van der Waals surface area (Å²) in [6, 6.07) is 8.12. The van der Waals surface area contributed by atoms with Gasteiger partial charge in [-0.1, -0.05) is 24.2 Å². The number of piperazine rings is 1. The Morgan fingerprint density at radius 1 is 1.03 bits per heavy atom. The van der Waals surface area contributed by atoms with Crippen molar-refractivity contribution < 1.29 is 9.32 Å². The minimum absolute atomic E-state index is 0.0233. The van der Waals surface area contributed by atoms with Gasteiger partial charge in [-0.25, -0.2) is 4.79 Å². The molecule has 0 unspecified atom stereocenters. The SMILES string of the molecule is CCN1CCN(c2ccccc2NC(=O)N2CCC(c3noc(C4CC4)n3)CC2)CC1. The highest BCUT2D eigenvalue weighted by Gasteiger charge is 2.32. The lowest BCUT2D eigenvalue weighted by Gasteiger charge is -2.36. The van der Waals surface area contributed by atoms with Crippen LogP contribution in [0.3, 0.4) is 0 Å². The van der Waals surface area contributed by atoms with Gasteiger partial charge >= 0.3 is 6.03 Å². The molecule has 3 fully saturated rings. The second kappa shape index (κ2) is 8.86. The number of amides is 2. The van der Waals surface area contributed by atoms with Crippen LogP contribution in [0.4, 0.5) is 16.2 Å². The minimum atomic E-state index is -0.0233. The van der Waals surface area contributed by atoms with Crippen LogP contribution in [0.5, 0.6) is 0 Å². The Morgan fingerprint density at radius 3 is 2.48 bits per heavy atom. The third-order valence-corrected chi connectivity index (χ3v) is 6.84. The average Bonchev–Trinajstić information content (AvgIpc) is 3.56. The molecule has 166 valence electrons. The number of benzene rings is 1. The molecule has 1 saturated carbocycles. The summed E-state index contributed by atoms with van der Waals surface area (Å²) in [5, 5.41) is 7.37. The molecule has 3 aliphatic rings. The van der Waals surface area contributed by atoms with Gasteiger partial charge in [0.1, 0.15) is 0 Å². The van der Waals surface area contributed by atoms with Crippen molar-refractivity contribution in [2.75, 3.05) is 56.0 Å². The fourth-order valence-corrected chi connectivity index (χ4v) is 4.60. The fourth-order valence-electron chi connectivity index (χ4n) is 4.60. The predicted octanol–water partition coefficient (Wildman–Crippen LogP) is 3.50. The Hall–Kier alpha value is -2.61. The van der Waals surface area contributed by atoms with Gasteiger partial charge in [-0.3, -0.25) is 0 Å². The molecule has 2 aromatic rings. The van der Waals surface area contributed by atoms with E-state index in [1.165, 1.54) is 0 Å². The number of aromatic nitrogens is 2. The summed E-state index contributed by atoms with van der Waals surface area (Å²) in [6.07, 6.45) is 4.07. The standard InChI is InChI=1S/C23H32N6O2/c1-2-27-13-15-28(16-14-27)20-6-4-3-5-19(20)24-23(30)29-11-9-17(10-12-29)21-25-22(31-26-21)18-7-8-18/h3-6,17-18H,2,7-16H2,1H3,(H,24,30). The molecule has 1 aliphatic carbocycles. The monoisotopic (exact) mass is 424 g/mol. The van der Waals surface area contributed by atoms with E-state index < -0.39 is 0 Å². The zero-order chi connectivity index (χ0) is 21.2. The first-order chi connectivity index (χ1) is 15.2. The highest BCUT2D eigenvalue weighted by Crippen LogP contribution is 2.40. The van der Waals surface area contributed by atoms with Crippen molar-refractivity contribution in [3.05, 3.63) is 36.0 Å². The molecule has 2 aliphatic heterocycles. The second-order valence-corrected chi connectivity index (χ2v) is 8.90. The van der Waals surface area contributed by atoms with Gasteiger partial charge in [0.05, 0.1) is 11.4 Å². The molecule has 1 aromatic heterocycles. The zero-order valence-corrected chi connectivity index (χ0v) is 18.3. The first-order valence-corrected chi connectivity index (χ1v) is 11.7. The van der Waals surface area contributed by atoms with Crippen molar-refractivity contribution in [2.24, 2.45) is 0 Å². The normalized spacial score (nSPS) is 20.8. The molecular weight excluding hydrogens is 392 g/mol. The summed E-state index contributed by atoms with van der Waals surface area (Å²) in [7, 11) is 0. The number of nitrogens with zero attached hydrogens (tertiary/aromatic N) is 5. The molecule has 0 atom stereocenters. The summed E-state index contributed by atoms with van der Waals surface area (Å²) in [6.45, 7) is 8.81. The van der Waals surface area contributed by atoms with Crippen LogP contribution in [-0.2, 0) is 0 Å². The molecule has 8 nitrogen and oxygen atoms in total. The van der Waals surface area contributed by atoms with E-state index in [2.05, 4.69) is 38.2 Å². The van der Waals surface area contributed by atoms with Crippen molar-refractivity contribution in [1.82, 2.24) is 19.9 Å². The van der Waals surface area contributed by atoms with Crippen LogP contribution in [0.25, 0.3) is 0 Å². The molecule has 2 amide bonds. The van der Waals surface area contributed by atoms with E-state index in [-0.39, 0.29) is 11.9 Å². The van der Waals surface area contributed by atoms with Crippen molar-refractivity contribution in [2.45, 2.75) is 44.4 Å². The molecule has 31 heavy (non-hydrogen) atoms. The fraction of sp³-hybridized carbons (Fsp3) is 0.609. The lowest BCUT2D eigenvalue weighted by atomic mass is 9.96. The first-order valence-electron chi connectivity index (χ1n) is 11.7. The third kappa shape index (κ3) is 4.54. The predicted molar refractivity (Wildman–Crippen MR) is 120 cm³/mol. The molecule has 0 bridgehead atoms. The quantitative estimate of drug-likeness (QED) is 0.792. The van der Waals surface area contributed by atoms with Gasteiger partial charge in [0.2, 0.25) is 5.89 Å². The van der Waals surface area contributed by atoms with Crippen molar-refractivity contribution in [3.8, 4) is 0 Å². The van der Waals surface area contributed by atoms with E-state index in [4.69, 9.17) is 4.52 Å². The van der Waals surface area contributed by atoms with Gasteiger partial charge < -0.3 is 24.5 Å². The van der Waals surface area contributed by atoms with E-state index >= 15 is 0 Å². The van der Waals surface area contributed by atoms with Gasteiger partial charge in [-0.15, -0.1) is 0 Å². The topological polar surface area (TPSA) is 77.7 Å². The van der Waals surface area contributed by atoms with Crippen LogP contribution >= 0.6 is 0 Å². The van der Waals surface area contributed by atoms with Crippen LogP contribution in [0.15, 0.2) is 28.8 Å². The molecule has 3 heterocycles. The Kier molecular flexibility index (Phi) is 5.80. The van der Waals surface area contributed by atoms with Gasteiger partial charge in [-0.05, 0) is 44.4 Å². The third-order valence-electron chi connectivity index (χ3n) is 6.84. The maximum Gasteiger partial charge on any atom is 0.321 e. The summed E-state index contributed by atoms with van der Waals surface area (Å²) in [5.41, 5.74) is 2.01. The Bertz CT molecular complexity index is 895. The van der Waals surface area contributed by atoms with E-state index in [0.717, 1.165) is 81.5 Å². The van der Waals surface area contributed by atoms with E-state index in [1.54, 1.807) is 0 Å². The summed E-state index contributed by atoms with van der Waals surface area (Å²) in [4.78, 5) is 24.3. The number of likely N-dealkylation sites (tertiary alicyclic amines) is 1. The molecule has 0 radical (unpaired) electrons.